The number of aromatic nitrogens is 4. The zero-order valence-corrected chi connectivity index (χ0v) is 17.4. The molecule has 0 atom stereocenters. The maximum Gasteiger partial charge on any atom is 0.243 e. The van der Waals surface area contributed by atoms with Gasteiger partial charge < -0.3 is 0 Å². The number of benzene rings is 2. The molecular weight excluding hydrogens is 388 g/mol. The summed E-state index contributed by atoms with van der Waals surface area (Å²) in [6, 6.07) is 13.5. The lowest BCUT2D eigenvalue weighted by atomic mass is 10.1. The smallest absolute Gasteiger partial charge is 0.243 e. The van der Waals surface area contributed by atoms with Crippen LogP contribution in [0.1, 0.15) is 16.7 Å². The average Bonchev–Trinajstić information content (AvgIpc) is 3.23. The first-order chi connectivity index (χ1) is 13.9. The lowest BCUT2D eigenvalue weighted by Gasteiger charge is -2.34. The molecule has 0 bridgehead atoms. The molecule has 0 spiro atoms. The first-order valence-corrected chi connectivity index (χ1v) is 11.0. The number of piperazine rings is 1. The zero-order valence-electron chi connectivity index (χ0n) is 16.6. The molecule has 1 fully saturated rings. The van der Waals surface area contributed by atoms with Crippen LogP contribution in [0.4, 0.5) is 0 Å². The van der Waals surface area contributed by atoms with Crippen molar-refractivity contribution in [1.29, 1.82) is 0 Å². The van der Waals surface area contributed by atoms with Gasteiger partial charge in [0.15, 0.2) is 0 Å². The van der Waals surface area contributed by atoms with Crippen LogP contribution >= 0.6 is 0 Å². The maximum absolute atomic E-state index is 13.1. The van der Waals surface area contributed by atoms with E-state index in [9.17, 15) is 8.42 Å². The van der Waals surface area contributed by atoms with Gasteiger partial charge in [-0.3, -0.25) is 4.90 Å². The number of aryl methyl sites for hydroxylation is 2. The van der Waals surface area contributed by atoms with Crippen LogP contribution in [0, 0.1) is 13.8 Å². The molecule has 0 amide bonds. The van der Waals surface area contributed by atoms with Crippen molar-refractivity contribution in [2.75, 3.05) is 26.2 Å². The monoisotopic (exact) mass is 412 g/mol. The van der Waals surface area contributed by atoms with E-state index in [0.717, 1.165) is 30.9 Å². The van der Waals surface area contributed by atoms with E-state index in [0.29, 0.717) is 18.0 Å². The third kappa shape index (κ3) is 4.21. The molecule has 1 aliphatic rings. The molecule has 0 unspecified atom stereocenters. The molecule has 8 nitrogen and oxygen atoms in total. The largest absolute Gasteiger partial charge is 0.296 e. The Labute approximate surface area is 170 Å². The molecule has 2 aromatic carbocycles. The van der Waals surface area contributed by atoms with E-state index in [2.05, 4.69) is 51.6 Å². The van der Waals surface area contributed by atoms with Crippen molar-refractivity contribution in [3.8, 4) is 5.69 Å². The summed E-state index contributed by atoms with van der Waals surface area (Å²) in [5.74, 6) is 0. The SMILES string of the molecule is Cc1cccc(CN2CCN(S(=O)(=O)c3ccc(-n4cnnn4)c(C)c3)CC2)c1. The topological polar surface area (TPSA) is 84.2 Å². The third-order valence-electron chi connectivity index (χ3n) is 5.22. The lowest BCUT2D eigenvalue weighted by Crippen LogP contribution is -2.48. The number of nitrogens with zero attached hydrogens (tertiary/aromatic N) is 6. The Morgan fingerprint density at radius 1 is 1.00 bits per heavy atom. The Balaban J connectivity index is 1.44. The molecule has 3 aromatic rings. The fourth-order valence-corrected chi connectivity index (χ4v) is 5.17. The Morgan fingerprint density at radius 2 is 1.79 bits per heavy atom. The van der Waals surface area contributed by atoms with Crippen LogP contribution in [0.3, 0.4) is 0 Å². The van der Waals surface area contributed by atoms with Gasteiger partial charge in [0, 0.05) is 32.7 Å². The predicted octanol–water partition coefficient (Wildman–Crippen LogP) is 1.79. The third-order valence-corrected chi connectivity index (χ3v) is 7.12. The molecule has 9 heteroatoms. The molecule has 4 rings (SSSR count). The van der Waals surface area contributed by atoms with E-state index < -0.39 is 10.0 Å². The summed E-state index contributed by atoms with van der Waals surface area (Å²) in [5, 5.41) is 11.1. The normalized spacial score (nSPS) is 16.2. The molecule has 152 valence electrons. The van der Waals surface area contributed by atoms with Crippen LogP contribution in [0.2, 0.25) is 0 Å². The molecule has 29 heavy (non-hydrogen) atoms. The van der Waals surface area contributed by atoms with Crippen LogP contribution in [0.25, 0.3) is 5.69 Å². The predicted molar refractivity (Wildman–Crippen MR) is 109 cm³/mol. The summed E-state index contributed by atoms with van der Waals surface area (Å²) < 4.78 is 29.3. The number of hydrogen-bond acceptors (Lipinski definition) is 6. The Morgan fingerprint density at radius 3 is 2.45 bits per heavy atom. The lowest BCUT2D eigenvalue weighted by molar-refractivity contribution is 0.181. The molecule has 1 saturated heterocycles. The van der Waals surface area contributed by atoms with Gasteiger partial charge in [0.05, 0.1) is 10.6 Å². The van der Waals surface area contributed by atoms with Gasteiger partial charge in [-0.05, 0) is 53.6 Å². The molecule has 2 heterocycles. The Kier molecular flexibility index (Phi) is 5.44. The van der Waals surface area contributed by atoms with Crippen LogP contribution in [0.15, 0.2) is 53.7 Å². The minimum Gasteiger partial charge on any atom is -0.296 e. The Bertz CT molecular complexity index is 1090. The highest BCUT2D eigenvalue weighted by Crippen LogP contribution is 2.22. The first-order valence-electron chi connectivity index (χ1n) is 9.55. The van der Waals surface area contributed by atoms with Gasteiger partial charge in [-0.15, -0.1) is 5.10 Å². The molecule has 0 N–H and O–H groups in total. The second kappa shape index (κ2) is 8.02. The zero-order chi connectivity index (χ0) is 20.4. The second-order valence-electron chi connectivity index (χ2n) is 7.37. The maximum atomic E-state index is 13.1. The fourth-order valence-electron chi connectivity index (χ4n) is 3.66. The minimum atomic E-state index is -3.53. The van der Waals surface area contributed by atoms with Gasteiger partial charge in [0.1, 0.15) is 6.33 Å². The van der Waals surface area contributed by atoms with Crippen LogP contribution in [0.5, 0.6) is 0 Å². The van der Waals surface area contributed by atoms with Crippen molar-refractivity contribution in [3.63, 3.8) is 0 Å². The van der Waals surface area contributed by atoms with E-state index in [1.807, 2.05) is 6.92 Å². The summed E-state index contributed by atoms with van der Waals surface area (Å²) in [6.45, 7) is 7.19. The van der Waals surface area contributed by atoms with E-state index >= 15 is 0 Å². The molecular formula is C20H24N6O2S. The number of tetrazole rings is 1. The van der Waals surface area contributed by atoms with Crippen molar-refractivity contribution < 1.29 is 8.42 Å². The first kappa shape index (κ1) is 19.7. The Hall–Kier alpha value is -2.62. The van der Waals surface area contributed by atoms with Gasteiger partial charge in [0.2, 0.25) is 10.0 Å². The van der Waals surface area contributed by atoms with Crippen LogP contribution < -0.4 is 0 Å². The van der Waals surface area contributed by atoms with Gasteiger partial charge in [-0.1, -0.05) is 29.8 Å². The highest BCUT2D eigenvalue weighted by atomic mass is 32.2. The highest BCUT2D eigenvalue weighted by molar-refractivity contribution is 7.89. The summed E-state index contributed by atoms with van der Waals surface area (Å²) >= 11 is 0. The highest BCUT2D eigenvalue weighted by Gasteiger charge is 2.29. The van der Waals surface area contributed by atoms with Crippen molar-refractivity contribution in [1.82, 2.24) is 29.4 Å². The van der Waals surface area contributed by atoms with E-state index in [1.165, 1.54) is 22.1 Å². The fraction of sp³-hybridized carbons (Fsp3) is 0.350. The second-order valence-corrected chi connectivity index (χ2v) is 9.31. The average molecular weight is 413 g/mol. The van der Waals surface area contributed by atoms with Crippen molar-refractivity contribution >= 4 is 10.0 Å². The molecule has 0 saturated carbocycles. The van der Waals surface area contributed by atoms with Crippen molar-refractivity contribution in [2.45, 2.75) is 25.3 Å². The molecule has 0 aliphatic carbocycles. The van der Waals surface area contributed by atoms with Crippen molar-refractivity contribution in [3.05, 3.63) is 65.5 Å². The number of rotatable bonds is 5. The van der Waals surface area contributed by atoms with E-state index in [1.54, 1.807) is 22.5 Å². The quantitative estimate of drug-likeness (QED) is 0.635. The molecule has 1 aliphatic heterocycles. The van der Waals surface area contributed by atoms with E-state index in [4.69, 9.17) is 0 Å². The van der Waals surface area contributed by atoms with Crippen molar-refractivity contribution in [2.24, 2.45) is 0 Å². The summed E-state index contributed by atoms with van der Waals surface area (Å²) in [6.07, 6.45) is 1.49. The molecule has 1 aromatic heterocycles. The van der Waals surface area contributed by atoms with Gasteiger partial charge >= 0.3 is 0 Å². The number of hydrogen-bond donors (Lipinski definition) is 0. The summed E-state index contributed by atoms with van der Waals surface area (Å²) in [4.78, 5) is 2.60. The van der Waals surface area contributed by atoms with Gasteiger partial charge in [-0.2, -0.15) is 4.31 Å². The van der Waals surface area contributed by atoms with Crippen LogP contribution in [-0.2, 0) is 16.6 Å². The van der Waals surface area contributed by atoms with E-state index in [-0.39, 0.29) is 0 Å². The van der Waals surface area contributed by atoms with Crippen LogP contribution in [-0.4, -0.2) is 64.0 Å². The summed E-state index contributed by atoms with van der Waals surface area (Å²) in [5.41, 5.74) is 4.06. The van der Waals surface area contributed by atoms with Gasteiger partial charge in [-0.25, -0.2) is 13.1 Å². The molecule has 0 radical (unpaired) electrons. The van der Waals surface area contributed by atoms with Gasteiger partial charge in [0.25, 0.3) is 0 Å². The minimum absolute atomic E-state index is 0.305. The summed E-state index contributed by atoms with van der Waals surface area (Å²) in [7, 11) is -3.53. The number of sulfonamides is 1. The standard InChI is InChI=1S/C20H24N6O2S/c1-16-4-3-5-18(12-16)14-24-8-10-25(11-9-24)29(27,28)19-6-7-20(17(2)13-19)26-15-21-22-23-26/h3-7,12-13,15H,8-11,14H2,1-2H3.